The van der Waals surface area contributed by atoms with Gasteiger partial charge in [0.25, 0.3) is 0 Å². The molecule has 0 aliphatic heterocycles. The summed E-state index contributed by atoms with van der Waals surface area (Å²) in [5, 5.41) is 0. The van der Waals surface area contributed by atoms with Crippen LogP contribution >= 0.6 is 68.6 Å². The smallest absolute Gasteiger partial charge is 0.118 e. The van der Waals surface area contributed by atoms with E-state index in [1.54, 1.807) is 22.3 Å². The van der Waals surface area contributed by atoms with E-state index in [-0.39, 0.29) is 10.8 Å². The summed E-state index contributed by atoms with van der Waals surface area (Å²) in [5.74, 6) is 0. The van der Waals surface area contributed by atoms with E-state index >= 15 is 0 Å². The van der Waals surface area contributed by atoms with Crippen molar-refractivity contribution in [2.24, 2.45) is 0 Å². The average Bonchev–Trinajstić information content (AvgIpc) is 4.09. The second-order valence-corrected chi connectivity index (χ2v) is 23.5. The van der Waals surface area contributed by atoms with Crippen molar-refractivity contribution < 1.29 is 0 Å². The molecule has 0 saturated heterocycles. The Morgan fingerprint density at radius 1 is 0.344 bits per heavy atom. The molecule has 5 aromatic rings. The van der Waals surface area contributed by atoms with Gasteiger partial charge in [-0.3, -0.25) is 0 Å². The molecular formula is C56H80I2N4S2. The number of rotatable bonds is 32. The molecule has 0 saturated carbocycles. The molecule has 0 amide bonds. The van der Waals surface area contributed by atoms with Crippen LogP contribution in [0, 0.1) is 7.14 Å². The van der Waals surface area contributed by atoms with Gasteiger partial charge in [-0.25, -0.2) is 0 Å². The summed E-state index contributed by atoms with van der Waals surface area (Å²) < 4.78 is 22.9. The lowest BCUT2D eigenvalue weighted by Gasteiger charge is -2.35. The van der Waals surface area contributed by atoms with Crippen LogP contribution in [0.15, 0.2) is 24.3 Å². The highest BCUT2D eigenvalue weighted by Gasteiger charge is 2.49. The van der Waals surface area contributed by atoms with Crippen molar-refractivity contribution >= 4 is 90.7 Å². The molecule has 2 aliphatic carbocycles. The third-order valence-corrected chi connectivity index (χ3v) is 18.3. The zero-order chi connectivity index (χ0) is 44.8. The summed E-state index contributed by atoms with van der Waals surface area (Å²) in [4.78, 5) is 0. The van der Waals surface area contributed by atoms with Gasteiger partial charge in [0.05, 0.1) is 23.5 Å². The number of fused-ring (bicyclic) bond motifs is 10. The third kappa shape index (κ3) is 11.3. The van der Waals surface area contributed by atoms with Gasteiger partial charge in [0, 0.05) is 29.1 Å². The molecule has 350 valence electrons. The molecule has 0 atom stereocenters. The number of aromatic nitrogens is 4. The van der Waals surface area contributed by atoms with Crippen LogP contribution < -0.4 is 0 Å². The topological polar surface area (TPSA) is 51.6 Å². The van der Waals surface area contributed by atoms with Gasteiger partial charge >= 0.3 is 0 Å². The van der Waals surface area contributed by atoms with Gasteiger partial charge in [-0.15, -0.1) is 0 Å². The van der Waals surface area contributed by atoms with Crippen molar-refractivity contribution in [3.63, 3.8) is 0 Å². The molecule has 0 radical (unpaired) electrons. The average molecular weight is 1130 g/mol. The van der Waals surface area contributed by atoms with E-state index in [9.17, 15) is 0 Å². The molecule has 3 aromatic carbocycles. The van der Waals surface area contributed by atoms with E-state index in [0.717, 1.165) is 22.1 Å². The van der Waals surface area contributed by atoms with Gasteiger partial charge in [-0.05, 0) is 129 Å². The van der Waals surface area contributed by atoms with E-state index in [4.69, 9.17) is 17.5 Å². The van der Waals surface area contributed by atoms with Crippen LogP contribution in [-0.2, 0) is 10.8 Å². The van der Waals surface area contributed by atoms with Crippen molar-refractivity contribution in [3.05, 3.63) is 53.7 Å². The lowest BCUT2D eigenvalue weighted by atomic mass is 9.68. The van der Waals surface area contributed by atoms with E-state index in [1.807, 2.05) is 0 Å². The van der Waals surface area contributed by atoms with Crippen molar-refractivity contribution in [2.75, 3.05) is 0 Å². The Labute approximate surface area is 424 Å². The van der Waals surface area contributed by atoms with Crippen molar-refractivity contribution in [3.8, 4) is 22.3 Å². The van der Waals surface area contributed by atoms with Crippen LogP contribution in [0.1, 0.15) is 255 Å². The number of hydrogen-bond acceptors (Lipinski definition) is 6. The molecule has 8 heteroatoms. The first kappa shape index (κ1) is 50.6. The Balaban J connectivity index is 1.37. The highest BCUT2D eigenvalue weighted by molar-refractivity contribution is 14.1. The number of unbranched alkanes of at least 4 members (excludes halogenated alkanes) is 24. The second kappa shape index (κ2) is 25.4. The minimum atomic E-state index is -0.0324. The minimum Gasteiger partial charge on any atom is -0.172 e. The Kier molecular flexibility index (Phi) is 20.1. The summed E-state index contributed by atoms with van der Waals surface area (Å²) >= 11 is 8.00. The fourth-order valence-corrected chi connectivity index (χ4v) is 14.9. The molecular weight excluding hydrogens is 1050 g/mol. The van der Waals surface area contributed by atoms with Gasteiger partial charge in [-0.2, -0.15) is 17.5 Å². The molecule has 0 unspecified atom stereocenters. The summed E-state index contributed by atoms with van der Waals surface area (Å²) in [5.41, 5.74) is 16.5. The maximum Gasteiger partial charge on any atom is 0.118 e. The van der Waals surface area contributed by atoms with Gasteiger partial charge in [-0.1, -0.05) is 207 Å². The van der Waals surface area contributed by atoms with Crippen LogP contribution in [0.2, 0.25) is 0 Å². The first-order valence-electron chi connectivity index (χ1n) is 26.6. The largest absolute Gasteiger partial charge is 0.172 e. The third-order valence-electron chi connectivity index (χ3n) is 15.6. The van der Waals surface area contributed by atoms with Crippen molar-refractivity contribution in [2.45, 2.75) is 244 Å². The summed E-state index contributed by atoms with van der Waals surface area (Å²) in [7, 11) is 0. The van der Waals surface area contributed by atoms with Crippen LogP contribution in [0.25, 0.3) is 44.3 Å². The summed E-state index contributed by atoms with van der Waals surface area (Å²) in [6.45, 7) is 9.33. The normalized spacial score (nSPS) is 14.5. The first-order chi connectivity index (χ1) is 31.5. The maximum atomic E-state index is 5.20. The Morgan fingerprint density at radius 3 is 0.906 bits per heavy atom. The summed E-state index contributed by atoms with van der Waals surface area (Å²) in [6.07, 6.45) is 42.3. The number of hydrogen-bond donors (Lipinski definition) is 0. The Bertz CT molecular complexity index is 2030. The fraction of sp³-hybridized carbons (Fsp3) is 0.679. The molecule has 7 rings (SSSR count). The van der Waals surface area contributed by atoms with E-state index in [1.165, 1.54) is 258 Å². The monoisotopic (exact) mass is 1130 g/mol. The zero-order valence-corrected chi connectivity index (χ0v) is 46.2. The van der Waals surface area contributed by atoms with Gasteiger partial charge in [0.1, 0.15) is 22.1 Å². The van der Waals surface area contributed by atoms with Crippen LogP contribution in [-0.4, -0.2) is 17.5 Å². The zero-order valence-electron chi connectivity index (χ0n) is 40.3. The van der Waals surface area contributed by atoms with Crippen LogP contribution in [0.3, 0.4) is 0 Å². The van der Waals surface area contributed by atoms with E-state index in [0.29, 0.717) is 0 Å². The van der Waals surface area contributed by atoms with Crippen molar-refractivity contribution in [1.29, 1.82) is 0 Å². The number of nitrogens with zero attached hydrogens (tertiary/aromatic N) is 4. The van der Waals surface area contributed by atoms with E-state index < -0.39 is 0 Å². The fourth-order valence-electron chi connectivity index (χ4n) is 12.1. The molecule has 64 heavy (non-hydrogen) atoms. The summed E-state index contributed by atoms with van der Waals surface area (Å²) in [6, 6.07) is 10.7. The first-order valence-corrected chi connectivity index (χ1v) is 30.2. The second-order valence-electron chi connectivity index (χ2n) is 20.1. The quantitative estimate of drug-likeness (QED) is 0.0318. The molecule has 2 heterocycles. The molecule has 2 aliphatic rings. The molecule has 4 nitrogen and oxygen atoms in total. The van der Waals surface area contributed by atoms with Gasteiger partial charge < -0.3 is 0 Å². The Hall–Kier alpha value is -1.24. The van der Waals surface area contributed by atoms with E-state index in [2.05, 4.69) is 97.1 Å². The highest BCUT2D eigenvalue weighted by Crippen LogP contribution is 2.63. The molecule has 0 bridgehead atoms. The Morgan fingerprint density at radius 2 is 0.609 bits per heavy atom. The molecule has 0 fully saturated rings. The van der Waals surface area contributed by atoms with Crippen LogP contribution in [0.4, 0.5) is 0 Å². The standard InChI is InChI=1S/C56H80I2N4S2/c1-5-9-13-17-21-25-29-33-55(34-30-26-22-18-14-10-6-2)43-37-42-44(38-41(43)49-45(55)39-47(57)51-53(49)61-63-59-51)56(35-31-27-23-19-15-11-7-3,36-32-28-24-20-16-12-8-4)46-40-48(58)52-54(50(42)46)62-64-60-52/h37-40H,5-36H2,1-4H3. The maximum absolute atomic E-state index is 5.20. The number of benzene rings is 3. The lowest BCUT2D eigenvalue weighted by Crippen LogP contribution is -2.27. The minimum absolute atomic E-state index is 0.0324. The predicted molar refractivity (Wildman–Crippen MR) is 297 cm³/mol. The predicted octanol–water partition coefficient (Wildman–Crippen LogP) is 20.0. The van der Waals surface area contributed by atoms with Crippen molar-refractivity contribution in [1.82, 2.24) is 17.5 Å². The molecule has 0 N–H and O–H groups in total. The lowest BCUT2D eigenvalue weighted by molar-refractivity contribution is 0.394. The van der Waals surface area contributed by atoms with Crippen LogP contribution in [0.5, 0.6) is 0 Å². The molecule has 2 aromatic heterocycles. The number of halogens is 2. The molecule has 0 spiro atoms. The van der Waals surface area contributed by atoms with Gasteiger partial charge in [0.15, 0.2) is 0 Å². The highest BCUT2D eigenvalue weighted by atomic mass is 127. The van der Waals surface area contributed by atoms with Gasteiger partial charge in [0.2, 0.25) is 0 Å². The SMILES string of the molecule is CCCCCCCCCC1(CCCCCCCCC)c2cc3c(cc2-c2c1cc(I)c1nsnc21)C(CCCCCCCCC)(CCCCCCCCC)c1cc(I)c2nsnc2c1-3.